The average molecular weight is 471 g/mol. The number of benzene rings is 3. The summed E-state index contributed by atoms with van der Waals surface area (Å²) in [5.74, 6) is 0. The molecule has 5 heteroatoms. The molecule has 1 heterocycles. The summed E-state index contributed by atoms with van der Waals surface area (Å²) in [6.45, 7) is 2.89. The maximum Gasteiger partial charge on any atom is 0.190 e. The van der Waals surface area contributed by atoms with Crippen LogP contribution in [0.3, 0.4) is 0 Å². The van der Waals surface area contributed by atoms with E-state index in [0.717, 1.165) is 22.1 Å². The minimum Gasteiger partial charge on any atom is -1.00 e. The van der Waals surface area contributed by atoms with Crippen molar-refractivity contribution >= 4 is 28.6 Å². The van der Waals surface area contributed by atoms with Crippen LogP contribution in [-0.4, -0.2) is 4.57 Å². The Morgan fingerprint density at radius 1 is 0.893 bits per heavy atom. The van der Waals surface area contributed by atoms with Gasteiger partial charge in [0.25, 0.3) is 0 Å². The van der Waals surface area contributed by atoms with Gasteiger partial charge in [0.2, 0.25) is 0 Å². The summed E-state index contributed by atoms with van der Waals surface area (Å²) in [5.41, 5.74) is 5.79. The summed E-state index contributed by atoms with van der Waals surface area (Å²) in [6.07, 6.45) is 0. The molecule has 4 rings (SSSR count). The summed E-state index contributed by atoms with van der Waals surface area (Å²) in [5, 5.41) is 2.90. The Labute approximate surface area is 184 Å². The maximum absolute atomic E-state index is 6.01. The molecule has 0 aliphatic carbocycles. The normalized spacial score (nSPS) is 11.3. The molecule has 3 aromatic carbocycles. The highest BCUT2D eigenvalue weighted by molar-refractivity contribution is 7.07. The second-order valence-electron chi connectivity index (χ2n) is 6.43. The van der Waals surface area contributed by atoms with E-state index in [0.29, 0.717) is 0 Å². The Morgan fingerprint density at radius 3 is 2.25 bits per heavy atom. The van der Waals surface area contributed by atoms with Gasteiger partial charge in [-0.25, -0.2) is 4.99 Å². The molecule has 0 aliphatic rings. The van der Waals surface area contributed by atoms with Crippen molar-refractivity contribution in [1.29, 1.82) is 0 Å². The van der Waals surface area contributed by atoms with Crippen molar-refractivity contribution in [2.75, 3.05) is 0 Å². The molecule has 0 aliphatic heterocycles. The smallest absolute Gasteiger partial charge is 0.190 e. The van der Waals surface area contributed by atoms with Crippen LogP contribution in [0.4, 0.5) is 5.69 Å². The van der Waals surface area contributed by atoms with Gasteiger partial charge in [-0.15, -0.1) is 11.3 Å². The van der Waals surface area contributed by atoms with Gasteiger partial charge < -0.3 is 21.5 Å². The van der Waals surface area contributed by atoms with E-state index in [1.165, 1.54) is 22.4 Å². The topological polar surface area (TPSA) is 17.3 Å². The molecule has 0 fully saturated rings. The first-order chi connectivity index (χ1) is 13.2. The fraction of sp³-hybridized carbons (Fsp3) is 0.0870. The molecule has 0 radical (unpaired) electrons. The van der Waals surface area contributed by atoms with Crippen LogP contribution in [0.15, 0.2) is 89.2 Å². The lowest BCUT2D eigenvalue weighted by Gasteiger charge is -2.10. The summed E-state index contributed by atoms with van der Waals surface area (Å²) >= 11 is 7.66. The number of thiazole rings is 1. The van der Waals surface area contributed by atoms with Crippen LogP contribution < -0.4 is 21.8 Å². The van der Waals surface area contributed by atoms with Crippen LogP contribution in [0.2, 0.25) is 5.02 Å². The van der Waals surface area contributed by atoms with Gasteiger partial charge >= 0.3 is 0 Å². The lowest BCUT2D eigenvalue weighted by atomic mass is 10.1. The van der Waals surface area contributed by atoms with Crippen LogP contribution in [0, 0.1) is 6.92 Å². The Kier molecular flexibility index (Phi) is 6.89. The van der Waals surface area contributed by atoms with Crippen molar-refractivity contribution in [3.8, 4) is 11.3 Å². The van der Waals surface area contributed by atoms with Gasteiger partial charge in [0, 0.05) is 10.4 Å². The van der Waals surface area contributed by atoms with Crippen molar-refractivity contribution in [2.45, 2.75) is 13.5 Å². The first-order valence-electron chi connectivity index (χ1n) is 8.79. The molecular formula is C23H19BrClN2S-. The van der Waals surface area contributed by atoms with Crippen LogP contribution in [-0.2, 0) is 6.54 Å². The molecule has 0 amide bonds. The number of halogens is 2. The highest BCUT2D eigenvalue weighted by atomic mass is 79.9. The van der Waals surface area contributed by atoms with E-state index in [1.54, 1.807) is 11.3 Å². The third-order valence-corrected chi connectivity index (χ3v) is 5.50. The van der Waals surface area contributed by atoms with Crippen molar-refractivity contribution in [1.82, 2.24) is 4.57 Å². The number of aromatic nitrogens is 1. The lowest BCUT2D eigenvalue weighted by Crippen LogP contribution is -3.00. The number of hydrogen-bond acceptors (Lipinski definition) is 2. The molecule has 28 heavy (non-hydrogen) atoms. The second-order valence-corrected chi connectivity index (χ2v) is 7.70. The third-order valence-electron chi connectivity index (χ3n) is 4.38. The quantitative estimate of drug-likeness (QED) is 0.435. The Balaban J connectivity index is 0.00000225. The Morgan fingerprint density at radius 2 is 1.57 bits per heavy atom. The van der Waals surface area contributed by atoms with E-state index < -0.39 is 0 Å². The second kappa shape index (κ2) is 9.37. The van der Waals surface area contributed by atoms with Gasteiger partial charge in [-0.3, -0.25) is 0 Å². The van der Waals surface area contributed by atoms with Crippen molar-refractivity contribution in [3.63, 3.8) is 0 Å². The molecule has 0 saturated heterocycles. The fourth-order valence-electron chi connectivity index (χ4n) is 2.92. The zero-order valence-electron chi connectivity index (χ0n) is 15.3. The molecule has 142 valence electrons. The van der Waals surface area contributed by atoms with Gasteiger partial charge in [0.15, 0.2) is 4.80 Å². The first-order valence-corrected chi connectivity index (χ1v) is 10.0. The number of nitrogens with zero attached hydrogens (tertiary/aromatic N) is 2. The monoisotopic (exact) mass is 469 g/mol. The SMILES string of the molecule is Cc1ccc(-c2csc(=Nc3ccc(Cl)cc3)n2Cc2ccccc2)cc1.[Br-]. The van der Waals surface area contributed by atoms with Crippen LogP contribution in [0.1, 0.15) is 11.1 Å². The van der Waals surface area contributed by atoms with E-state index >= 15 is 0 Å². The molecule has 0 unspecified atom stereocenters. The van der Waals surface area contributed by atoms with Crippen molar-refractivity contribution in [2.24, 2.45) is 4.99 Å². The Hall–Kier alpha value is -2.14. The minimum atomic E-state index is 0. The number of hydrogen-bond donors (Lipinski definition) is 0. The van der Waals surface area contributed by atoms with Crippen LogP contribution in [0.5, 0.6) is 0 Å². The third kappa shape index (κ3) is 4.82. The maximum atomic E-state index is 6.01. The zero-order chi connectivity index (χ0) is 18.6. The van der Waals surface area contributed by atoms with E-state index in [9.17, 15) is 0 Å². The van der Waals surface area contributed by atoms with Crippen LogP contribution >= 0.6 is 22.9 Å². The average Bonchev–Trinajstić information content (AvgIpc) is 3.07. The highest BCUT2D eigenvalue weighted by Crippen LogP contribution is 2.23. The zero-order valence-corrected chi connectivity index (χ0v) is 18.5. The predicted octanol–water partition coefficient (Wildman–Crippen LogP) is 3.46. The van der Waals surface area contributed by atoms with E-state index in [-0.39, 0.29) is 17.0 Å². The molecule has 0 saturated carbocycles. The van der Waals surface area contributed by atoms with Gasteiger partial charge in [-0.05, 0) is 42.3 Å². The largest absolute Gasteiger partial charge is 1.00 e. The number of aryl methyl sites for hydroxylation is 1. The van der Waals surface area contributed by atoms with Crippen molar-refractivity contribution in [3.05, 3.63) is 105 Å². The molecular weight excluding hydrogens is 452 g/mol. The van der Waals surface area contributed by atoms with E-state index in [2.05, 4.69) is 65.4 Å². The Bertz CT molecular complexity index is 1100. The van der Waals surface area contributed by atoms with Gasteiger partial charge in [0.1, 0.15) is 0 Å². The van der Waals surface area contributed by atoms with Gasteiger partial charge in [0.05, 0.1) is 17.9 Å². The molecule has 0 atom stereocenters. The van der Waals surface area contributed by atoms with E-state index in [1.807, 2.05) is 30.3 Å². The molecule has 0 bridgehead atoms. The minimum absolute atomic E-state index is 0. The van der Waals surface area contributed by atoms with Gasteiger partial charge in [-0.1, -0.05) is 71.8 Å². The van der Waals surface area contributed by atoms with E-state index in [4.69, 9.17) is 16.6 Å². The summed E-state index contributed by atoms with van der Waals surface area (Å²) in [4.78, 5) is 5.83. The molecule has 2 nitrogen and oxygen atoms in total. The summed E-state index contributed by atoms with van der Waals surface area (Å²) < 4.78 is 2.28. The van der Waals surface area contributed by atoms with Gasteiger partial charge in [-0.2, -0.15) is 0 Å². The molecule has 1 aromatic heterocycles. The number of rotatable bonds is 4. The van der Waals surface area contributed by atoms with Crippen LogP contribution in [0.25, 0.3) is 11.3 Å². The fourth-order valence-corrected chi connectivity index (χ4v) is 3.97. The standard InChI is InChI=1S/C23H19ClN2S.BrH/c1-17-7-9-19(10-8-17)22-16-27-23(25-21-13-11-20(24)12-14-21)26(22)15-18-5-3-2-4-6-18;/h2-14,16H,15H2,1H3;1H/p-1. The molecule has 4 aromatic rings. The molecule has 0 spiro atoms. The molecule has 0 N–H and O–H groups in total. The van der Waals surface area contributed by atoms with Crippen molar-refractivity contribution < 1.29 is 17.0 Å². The summed E-state index contributed by atoms with van der Waals surface area (Å²) in [7, 11) is 0. The predicted molar refractivity (Wildman–Crippen MR) is 115 cm³/mol. The lowest BCUT2D eigenvalue weighted by molar-refractivity contribution is -0.00000528. The first kappa shape index (κ1) is 20.6. The highest BCUT2D eigenvalue weighted by Gasteiger charge is 2.09. The summed E-state index contributed by atoms with van der Waals surface area (Å²) in [6, 6.07) is 26.8.